The molecule has 2 aromatic rings. The lowest BCUT2D eigenvalue weighted by Crippen LogP contribution is -2.25. The normalized spacial score (nSPS) is 13.6. The van der Waals surface area contributed by atoms with Crippen LogP contribution < -0.4 is 10.1 Å². The number of rotatable bonds is 8. The maximum atomic E-state index is 13.5. The Kier molecular flexibility index (Phi) is 7.25. The highest BCUT2D eigenvalue weighted by Gasteiger charge is 2.35. The zero-order chi connectivity index (χ0) is 25.2. The molecule has 0 spiro atoms. The van der Waals surface area contributed by atoms with E-state index in [0.29, 0.717) is 12.1 Å². The molecule has 0 saturated carbocycles. The van der Waals surface area contributed by atoms with Crippen molar-refractivity contribution in [1.82, 2.24) is 4.57 Å². The van der Waals surface area contributed by atoms with Crippen molar-refractivity contribution in [3.8, 4) is 18.1 Å². The molecule has 2 rings (SSSR count). The van der Waals surface area contributed by atoms with Crippen LogP contribution in [0.25, 0.3) is 0 Å². The average Bonchev–Trinajstić information content (AvgIpc) is 3.05. The fourth-order valence-electron chi connectivity index (χ4n) is 2.67. The number of amides is 1. The number of hydrogen-bond acceptors (Lipinski definition) is 5. The summed E-state index contributed by atoms with van der Waals surface area (Å²) in [4.78, 5) is 12.3. The molecule has 0 unspecified atom stereocenters. The van der Waals surface area contributed by atoms with Crippen molar-refractivity contribution in [3.63, 3.8) is 0 Å². The van der Waals surface area contributed by atoms with Gasteiger partial charge >= 0.3 is 6.18 Å². The van der Waals surface area contributed by atoms with Gasteiger partial charge in [-0.25, -0.2) is 4.39 Å². The number of hydrogen-bond donors (Lipinski definition) is 2. The Morgan fingerprint density at radius 3 is 2.58 bits per heavy atom. The fourth-order valence-corrected chi connectivity index (χ4v) is 3.49. The number of ether oxygens (including phenoxy) is 1. The Hall–Kier alpha value is -3.37. The van der Waals surface area contributed by atoms with Crippen LogP contribution in [0.4, 0.5) is 23.2 Å². The van der Waals surface area contributed by atoms with Crippen LogP contribution in [-0.4, -0.2) is 42.9 Å². The summed E-state index contributed by atoms with van der Waals surface area (Å²) in [5, 5.41) is 12.0. The van der Waals surface area contributed by atoms with Crippen LogP contribution in [-0.2, 0) is 23.2 Å². The van der Waals surface area contributed by atoms with Gasteiger partial charge < -0.3 is 19.7 Å². The molecule has 0 aliphatic rings. The molecule has 33 heavy (non-hydrogen) atoms. The summed E-state index contributed by atoms with van der Waals surface area (Å²) < 4.78 is 86.4. The topological polar surface area (TPSA) is 110 Å². The zero-order valence-corrected chi connectivity index (χ0v) is 18.2. The molecule has 1 aromatic carbocycles. The number of carbonyl (C=O) groups excluding carboxylic acids is 1. The van der Waals surface area contributed by atoms with E-state index in [9.17, 15) is 35.9 Å². The van der Waals surface area contributed by atoms with Crippen LogP contribution in [0.15, 0.2) is 33.7 Å². The molecule has 13 heteroatoms. The SMILES string of the molecule is C#C[C@](C)(O)CCOc1c(S(=O)(=O)N=C)cn(C)c1C(=O)Nc1ccc(F)c(C(F)(F)F)c1. The number of anilines is 1. The van der Waals surface area contributed by atoms with E-state index < -0.39 is 61.1 Å². The van der Waals surface area contributed by atoms with E-state index in [1.807, 2.05) is 0 Å². The van der Waals surface area contributed by atoms with Gasteiger partial charge in [0, 0.05) is 32.1 Å². The lowest BCUT2D eigenvalue weighted by Gasteiger charge is -2.17. The summed E-state index contributed by atoms with van der Waals surface area (Å²) in [5.74, 6) is -0.963. The van der Waals surface area contributed by atoms with E-state index in [1.54, 1.807) is 0 Å². The van der Waals surface area contributed by atoms with Crippen molar-refractivity contribution in [2.75, 3.05) is 11.9 Å². The number of sulfonamides is 1. The summed E-state index contributed by atoms with van der Waals surface area (Å²) in [6.07, 6.45) is 1.03. The van der Waals surface area contributed by atoms with Crippen LogP contribution in [0.5, 0.6) is 5.75 Å². The lowest BCUT2D eigenvalue weighted by molar-refractivity contribution is -0.139. The van der Waals surface area contributed by atoms with Crippen molar-refractivity contribution >= 4 is 28.3 Å². The van der Waals surface area contributed by atoms with Crippen molar-refractivity contribution in [2.45, 2.75) is 30.0 Å². The van der Waals surface area contributed by atoms with Crippen molar-refractivity contribution in [1.29, 1.82) is 0 Å². The number of aliphatic hydroxyl groups is 1. The lowest BCUT2D eigenvalue weighted by atomic mass is 10.1. The number of benzene rings is 1. The number of halogens is 4. The van der Waals surface area contributed by atoms with Crippen LogP contribution in [0, 0.1) is 18.2 Å². The summed E-state index contributed by atoms with van der Waals surface area (Å²) in [6.45, 7) is 3.95. The molecule has 1 aromatic heterocycles. The van der Waals surface area contributed by atoms with Crippen LogP contribution in [0.1, 0.15) is 29.4 Å². The van der Waals surface area contributed by atoms with Crippen molar-refractivity contribution in [3.05, 3.63) is 41.5 Å². The molecule has 0 aliphatic heterocycles. The van der Waals surface area contributed by atoms with Gasteiger partial charge in [-0.1, -0.05) is 5.92 Å². The van der Waals surface area contributed by atoms with Gasteiger partial charge in [-0.3, -0.25) is 4.79 Å². The van der Waals surface area contributed by atoms with E-state index >= 15 is 0 Å². The number of nitrogens with one attached hydrogen (secondary N) is 1. The van der Waals surface area contributed by atoms with Gasteiger partial charge in [-0.2, -0.15) is 26.0 Å². The third kappa shape index (κ3) is 5.91. The molecule has 178 valence electrons. The standard InChI is InChI=1S/C20H19F4N3O5S/c1-5-19(2,29)8-9-32-17-15(33(30,31)25-3)11-27(4)16(17)18(28)26-12-6-7-14(21)13(10-12)20(22,23)24/h1,6-7,10-11,29H,3,8-9H2,2,4H3,(H,26,28)/t19-/m0/s1. The summed E-state index contributed by atoms with van der Waals surface area (Å²) in [7, 11) is -3.07. The van der Waals surface area contributed by atoms with Gasteiger partial charge in [-0.05, 0) is 25.1 Å². The van der Waals surface area contributed by atoms with E-state index in [-0.39, 0.29) is 13.0 Å². The van der Waals surface area contributed by atoms with E-state index in [0.717, 1.165) is 16.8 Å². The van der Waals surface area contributed by atoms with Gasteiger partial charge in [0.25, 0.3) is 15.9 Å². The minimum absolute atomic E-state index is 0.145. The fraction of sp³-hybridized carbons (Fsp3) is 0.300. The van der Waals surface area contributed by atoms with Gasteiger partial charge in [-0.15, -0.1) is 6.42 Å². The maximum Gasteiger partial charge on any atom is 0.419 e. The molecule has 1 atom stereocenters. The predicted molar refractivity (Wildman–Crippen MR) is 111 cm³/mol. The Labute approximate surface area is 186 Å². The Morgan fingerprint density at radius 1 is 1.39 bits per heavy atom. The van der Waals surface area contributed by atoms with Gasteiger partial charge in [0.05, 0.1) is 12.2 Å². The van der Waals surface area contributed by atoms with E-state index in [1.165, 1.54) is 14.0 Å². The first-order chi connectivity index (χ1) is 15.1. The number of aryl methyl sites for hydroxylation is 1. The Bertz CT molecular complexity index is 1230. The van der Waals surface area contributed by atoms with Crippen LogP contribution in [0.3, 0.4) is 0 Å². The second-order valence-electron chi connectivity index (χ2n) is 7.05. The number of carbonyl (C=O) groups is 1. The zero-order valence-electron chi connectivity index (χ0n) is 17.4. The summed E-state index contributed by atoms with van der Waals surface area (Å²) in [6, 6.07) is 1.82. The molecular weight excluding hydrogens is 470 g/mol. The second kappa shape index (κ2) is 9.24. The Balaban J connectivity index is 2.48. The predicted octanol–water partition coefficient (Wildman–Crippen LogP) is 2.98. The number of nitrogens with zero attached hydrogens (tertiary/aromatic N) is 2. The molecule has 0 saturated heterocycles. The van der Waals surface area contributed by atoms with Crippen molar-refractivity contribution < 1.29 is 40.6 Å². The van der Waals surface area contributed by atoms with Crippen LogP contribution >= 0.6 is 0 Å². The Morgan fingerprint density at radius 2 is 2.03 bits per heavy atom. The van der Waals surface area contributed by atoms with Gasteiger partial charge in [0.15, 0.2) is 11.4 Å². The second-order valence-corrected chi connectivity index (χ2v) is 8.70. The molecule has 0 bridgehead atoms. The molecule has 0 radical (unpaired) electrons. The molecule has 0 fully saturated rings. The van der Waals surface area contributed by atoms with Gasteiger partial charge in [0.1, 0.15) is 16.3 Å². The first-order valence-electron chi connectivity index (χ1n) is 9.06. The minimum Gasteiger partial charge on any atom is -0.490 e. The largest absolute Gasteiger partial charge is 0.490 e. The van der Waals surface area contributed by atoms with E-state index in [4.69, 9.17) is 11.2 Å². The average molecular weight is 489 g/mol. The minimum atomic E-state index is -5.01. The molecule has 0 aliphatic carbocycles. The quantitative estimate of drug-likeness (QED) is 0.337. The molecule has 1 heterocycles. The highest BCUT2D eigenvalue weighted by molar-refractivity contribution is 7.90. The van der Waals surface area contributed by atoms with Crippen molar-refractivity contribution in [2.24, 2.45) is 11.4 Å². The molecule has 1 amide bonds. The number of terminal acetylenes is 1. The summed E-state index contributed by atoms with van der Waals surface area (Å²) >= 11 is 0. The highest BCUT2D eigenvalue weighted by Crippen LogP contribution is 2.35. The van der Waals surface area contributed by atoms with Crippen LogP contribution in [0.2, 0.25) is 0 Å². The number of aromatic nitrogens is 1. The highest BCUT2D eigenvalue weighted by atomic mass is 32.2. The number of alkyl halides is 3. The molecule has 2 N–H and O–H groups in total. The smallest absolute Gasteiger partial charge is 0.419 e. The monoisotopic (exact) mass is 489 g/mol. The van der Waals surface area contributed by atoms with Gasteiger partial charge in [0.2, 0.25) is 0 Å². The molecular formula is C20H19F4N3O5S. The third-order valence-corrected chi connectivity index (χ3v) is 5.63. The van der Waals surface area contributed by atoms with E-state index in [2.05, 4.69) is 22.4 Å². The first-order valence-corrected chi connectivity index (χ1v) is 10.5. The summed E-state index contributed by atoms with van der Waals surface area (Å²) in [5.41, 5.74) is -3.98. The first kappa shape index (κ1) is 25.9. The molecule has 8 nitrogen and oxygen atoms in total. The maximum absolute atomic E-state index is 13.5. The third-order valence-electron chi connectivity index (χ3n) is 4.44.